The number of hydrogen-bond donors (Lipinski definition) is 2. The van der Waals surface area contributed by atoms with Gasteiger partial charge in [0.25, 0.3) is 0 Å². The summed E-state index contributed by atoms with van der Waals surface area (Å²) >= 11 is 0. The molecule has 0 aliphatic heterocycles. The van der Waals surface area contributed by atoms with Crippen LogP contribution in [0.15, 0.2) is 60.8 Å². The maximum Gasteiger partial charge on any atom is 0.0457 e. The van der Waals surface area contributed by atoms with Gasteiger partial charge in [-0.2, -0.15) is 0 Å². The third-order valence-electron chi connectivity index (χ3n) is 3.65. The van der Waals surface area contributed by atoms with Crippen molar-refractivity contribution in [2.75, 3.05) is 6.54 Å². The first-order valence-electron chi connectivity index (χ1n) is 7.23. The molecule has 20 heavy (non-hydrogen) atoms. The van der Waals surface area contributed by atoms with Crippen molar-refractivity contribution in [3.63, 3.8) is 0 Å². The molecule has 0 saturated carbocycles. The van der Waals surface area contributed by atoms with Gasteiger partial charge < -0.3 is 10.3 Å². The summed E-state index contributed by atoms with van der Waals surface area (Å²) in [6.07, 6.45) is 4.42. The highest BCUT2D eigenvalue weighted by atomic mass is 14.9. The standard InChI is InChI=1S/C18H20N2/c1-2-7-15(8-3-1)9-6-12-19-13-16-14-20-18-11-5-4-10-17(16)18/h1-5,7-8,10-11,14,19-20H,6,9,12-13H2. The monoisotopic (exact) mass is 264 g/mol. The van der Waals surface area contributed by atoms with Crippen LogP contribution < -0.4 is 5.32 Å². The van der Waals surface area contributed by atoms with Crippen LogP contribution in [0.2, 0.25) is 0 Å². The predicted molar refractivity (Wildman–Crippen MR) is 84.8 cm³/mol. The number of rotatable bonds is 6. The van der Waals surface area contributed by atoms with E-state index in [0.717, 1.165) is 19.5 Å². The fourth-order valence-corrected chi connectivity index (χ4v) is 2.56. The van der Waals surface area contributed by atoms with E-state index in [2.05, 4.69) is 71.1 Å². The van der Waals surface area contributed by atoms with Crippen LogP contribution in [-0.2, 0) is 13.0 Å². The molecule has 3 rings (SSSR count). The molecular weight excluding hydrogens is 244 g/mol. The van der Waals surface area contributed by atoms with Crippen LogP contribution >= 0.6 is 0 Å². The number of aromatic nitrogens is 1. The Bertz CT molecular complexity index is 655. The van der Waals surface area contributed by atoms with Gasteiger partial charge in [-0.1, -0.05) is 48.5 Å². The average Bonchev–Trinajstić information content (AvgIpc) is 2.91. The lowest BCUT2D eigenvalue weighted by Gasteiger charge is -2.04. The van der Waals surface area contributed by atoms with Gasteiger partial charge >= 0.3 is 0 Å². The van der Waals surface area contributed by atoms with Crippen molar-refractivity contribution in [3.8, 4) is 0 Å². The fraction of sp³-hybridized carbons (Fsp3) is 0.222. The summed E-state index contributed by atoms with van der Waals surface area (Å²) < 4.78 is 0. The molecule has 0 bridgehead atoms. The van der Waals surface area contributed by atoms with Gasteiger partial charge in [-0.05, 0) is 36.6 Å². The van der Waals surface area contributed by atoms with E-state index in [1.54, 1.807) is 0 Å². The molecular formula is C18H20N2. The van der Waals surface area contributed by atoms with Crippen molar-refractivity contribution < 1.29 is 0 Å². The molecule has 2 N–H and O–H groups in total. The number of H-pyrrole nitrogens is 1. The first kappa shape index (κ1) is 12.9. The zero-order valence-corrected chi connectivity index (χ0v) is 11.6. The van der Waals surface area contributed by atoms with Gasteiger partial charge in [-0.15, -0.1) is 0 Å². The topological polar surface area (TPSA) is 27.8 Å². The second-order valence-electron chi connectivity index (χ2n) is 5.13. The summed E-state index contributed by atoms with van der Waals surface area (Å²) in [4.78, 5) is 3.31. The number of fused-ring (bicyclic) bond motifs is 1. The highest BCUT2D eigenvalue weighted by Gasteiger charge is 2.01. The maximum atomic E-state index is 3.53. The van der Waals surface area contributed by atoms with Crippen molar-refractivity contribution in [1.29, 1.82) is 0 Å². The van der Waals surface area contributed by atoms with E-state index in [-0.39, 0.29) is 0 Å². The molecule has 2 nitrogen and oxygen atoms in total. The van der Waals surface area contributed by atoms with Gasteiger partial charge in [-0.25, -0.2) is 0 Å². The SMILES string of the molecule is c1ccc(CCCNCc2c[nH]c3ccccc23)cc1. The van der Waals surface area contributed by atoms with E-state index in [4.69, 9.17) is 0 Å². The van der Waals surface area contributed by atoms with Crippen LogP contribution in [0.4, 0.5) is 0 Å². The quantitative estimate of drug-likeness (QED) is 0.649. The Morgan fingerprint density at radius 2 is 1.70 bits per heavy atom. The molecule has 1 aromatic heterocycles. The van der Waals surface area contributed by atoms with Crippen LogP contribution in [0.5, 0.6) is 0 Å². The molecule has 1 heterocycles. The van der Waals surface area contributed by atoms with Crippen LogP contribution in [0.3, 0.4) is 0 Å². The zero-order chi connectivity index (χ0) is 13.6. The Morgan fingerprint density at radius 3 is 2.60 bits per heavy atom. The average molecular weight is 264 g/mol. The Labute approximate surface area is 119 Å². The second kappa shape index (κ2) is 6.40. The number of benzene rings is 2. The summed E-state index contributed by atoms with van der Waals surface area (Å²) in [7, 11) is 0. The number of nitrogens with one attached hydrogen (secondary N) is 2. The second-order valence-corrected chi connectivity index (χ2v) is 5.13. The maximum absolute atomic E-state index is 3.53. The smallest absolute Gasteiger partial charge is 0.0457 e. The summed E-state index contributed by atoms with van der Waals surface area (Å²) in [6.45, 7) is 1.98. The summed E-state index contributed by atoms with van der Waals surface area (Å²) in [5, 5.41) is 4.85. The lowest BCUT2D eigenvalue weighted by molar-refractivity contribution is 0.651. The van der Waals surface area contributed by atoms with Crippen molar-refractivity contribution >= 4 is 10.9 Å². The highest BCUT2D eigenvalue weighted by molar-refractivity contribution is 5.82. The van der Waals surface area contributed by atoms with E-state index >= 15 is 0 Å². The number of hydrogen-bond acceptors (Lipinski definition) is 1. The third-order valence-corrected chi connectivity index (χ3v) is 3.65. The molecule has 2 heteroatoms. The lowest BCUT2D eigenvalue weighted by atomic mass is 10.1. The Balaban J connectivity index is 1.46. The normalized spacial score (nSPS) is 11.0. The number of aromatic amines is 1. The molecule has 0 atom stereocenters. The summed E-state index contributed by atoms with van der Waals surface area (Å²) in [5.74, 6) is 0. The van der Waals surface area contributed by atoms with Gasteiger partial charge in [0, 0.05) is 23.6 Å². The van der Waals surface area contributed by atoms with Crippen LogP contribution in [0.1, 0.15) is 17.5 Å². The van der Waals surface area contributed by atoms with Gasteiger partial charge in [0.05, 0.1) is 0 Å². The van der Waals surface area contributed by atoms with E-state index in [0.29, 0.717) is 0 Å². The van der Waals surface area contributed by atoms with Crippen LogP contribution in [0.25, 0.3) is 10.9 Å². The van der Waals surface area contributed by atoms with E-state index in [9.17, 15) is 0 Å². The third kappa shape index (κ3) is 3.09. The van der Waals surface area contributed by atoms with Gasteiger partial charge in [0.1, 0.15) is 0 Å². The lowest BCUT2D eigenvalue weighted by Crippen LogP contribution is -2.15. The molecule has 0 radical (unpaired) electrons. The zero-order valence-electron chi connectivity index (χ0n) is 11.6. The van der Waals surface area contributed by atoms with Crippen LogP contribution in [-0.4, -0.2) is 11.5 Å². The van der Waals surface area contributed by atoms with Crippen molar-refractivity contribution in [2.45, 2.75) is 19.4 Å². The van der Waals surface area contributed by atoms with Crippen LogP contribution in [0, 0.1) is 0 Å². The number of aryl methyl sites for hydroxylation is 1. The Morgan fingerprint density at radius 1 is 0.900 bits per heavy atom. The molecule has 0 saturated heterocycles. The fourth-order valence-electron chi connectivity index (χ4n) is 2.56. The van der Waals surface area contributed by atoms with Crippen molar-refractivity contribution in [3.05, 3.63) is 71.9 Å². The molecule has 0 fully saturated rings. The highest BCUT2D eigenvalue weighted by Crippen LogP contribution is 2.17. The van der Waals surface area contributed by atoms with Crippen molar-refractivity contribution in [2.24, 2.45) is 0 Å². The minimum absolute atomic E-state index is 0.929. The molecule has 0 amide bonds. The van der Waals surface area contributed by atoms with Crippen molar-refractivity contribution in [1.82, 2.24) is 10.3 Å². The Hall–Kier alpha value is -2.06. The molecule has 0 spiro atoms. The molecule has 0 aliphatic rings. The minimum Gasteiger partial charge on any atom is -0.361 e. The molecule has 102 valence electrons. The minimum atomic E-state index is 0.929. The largest absolute Gasteiger partial charge is 0.361 e. The molecule has 3 aromatic rings. The predicted octanol–water partition coefficient (Wildman–Crippen LogP) is 3.89. The van der Waals surface area contributed by atoms with Gasteiger partial charge in [0.15, 0.2) is 0 Å². The van der Waals surface area contributed by atoms with E-state index < -0.39 is 0 Å². The van der Waals surface area contributed by atoms with E-state index in [1.165, 1.54) is 28.5 Å². The van der Waals surface area contributed by atoms with Gasteiger partial charge in [0.2, 0.25) is 0 Å². The Kier molecular flexibility index (Phi) is 4.14. The molecule has 2 aromatic carbocycles. The first-order chi connectivity index (χ1) is 9.93. The van der Waals surface area contributed by atoms with E-state index in [1.807, 2.05) is 0 Å². The first-order valence-corrected chi connectivity index (χ1v) is 7.23. The number of para-hydroxylation sites is 1. The molecule has 0 aliphatic carbocycles. The molecule has 0 unspecified atom stereocenters. The summed E-state index contributed by atoms with van der Waals surface area (Å²) in [5.41, 5.74) is 3.98. The van der Waals surface area contributed by atoms with Gasteiger partial charge in [-0.3, -0.25) is 0 Å². The summed E-state index contributed by atoms with van der Waals surface area (Å²) in [6, 6.07) is 19.1.